The minimum absolute atomic E-state index is 0.233. The Balaban J connectivity index is 2.56. The number of rotatable bonds is 6. The number of benzene rings is 1. The average molecular weight is 264 g/mol. The van der Waals surface area contributed by atoms with Gasteiger partial charge >= 0.3 is 5.97 Å². The second-order valence-corrected chi connectivity index (χ2v) is 3.91. The largest absolute Gasteiger partial charge is 0.461 e. The van der Waals surface area contributed by atoms with Crippen molar-refractivity contribution in [3.8, 4) is 0 Å². The first-order valence-corrected chi connectivity index (χ1v) is 5.95. The van der Waals surface area contributed by atoms with Crippen molar-refractivity contribution in [3.63, 3.8) is 0 Å². The third-order valence-corrected chi connectivity index (χ3v) is 2.37. The van der Waals surface area contributed by atoms with Crippen LogP contribution in [0.3, 0.4) is 0 Å². The molecular formula is C14H17FN2O2. The lowest BCUT2D eigenvalue weighted by Crippen LogP contribution is -2.18. The zero-order valence-corrected chi connectivity index (χ0v) is 11.0. The Hall–Kier alpha value is -2.17. The van der Waals surface area contributed by atoms with E-state index in [1.54, 1.807) is 32.0 Å². The van der Waals surface area contributed by atoms with E-state index >= 15 is 0 Å². The highest BCUT2D eigenvalue weighted by molar-refractivity contribution is 6.39. The summed E-state index contributed by atoms with van der Waals surface area (Å²) in [6, 6.07) is 6.43. The molecule has 19 heavy (non-hydrogen) atoms. The van der Waals surface area contributed by atoms with Crippen LogP contribution >= 0.6 is 0 Å². The minimum Gasteiger partial charge on any atom is -0.461 e. The summed E-state index contributed by atoms with van der Waals surface area (Å²) in [6.45, 7) is 3.91. The van der Waals surface area contributed by atoms with E-state index in [1.165, 1.54) is 12.1 Å². The summed E-state index contributed by atoms with van der Waals surface area (Å²) in [6.07, 6.45) is 1.36. The maximum Gasteiger partial charge on any atom is 0.356 e. The van der Waals surface area contributed by atoms with Gasteiger partial charge in [-0.25, -0.2) is 9.18 Å². The van der Waals surface area contributed by atoms with Crippen LogP contribution in [0.2, 0.25) is 0 Å². The van der Waals surface area contributed by atoms with Crippen molar-refractivity contribution in [2.45, 2.75) is 20.4 Å². The molecule has 2 N–H and O–H groups in total. The molecule has 0 spiro atoms. The summed E-state index contributed by atoms with van der Waals surface area (Å²) in [5, 5.41) is 10.4. The van der Waals surface area contributed by atoms with Crippen LogP contribution in [-0.4, -0.2) is 18.3 Å². The molecule has 0 fully saturated rings. The van der Waals surface area contributed by atoms with Gasteiger partial charge in [0.1, 0.15) is 11.5 Å². The van der Waals surface area contributed by atoms with Crippen LogP contribution in [0.5, 0.6) is 0 Å². The van der Waals surface area contributed by atoms with E-state index in [4.69, 9.17) is 10.1 Å². The second kappa shape index (κ2) is 7.31. The van der Waals surface area contributed by atoms with E-state index in [0.717, 1.165) is 0 Å². The van der Waals surface area contributed by atoms with Gasteiger partial charge in [0.2, 0.25) is 0 Å². The molecule has 0 aliphatic rings. The van der Waals surface area contributed by atoms with Gasteiger partial charge in [-0.2, -0.15) is 0 Å². The Kier molecular flexibility index (Phi) is 5.73. The average Bonchev–Trinajstić information content (AvgIpc) is 2.38. The molecule has 1 aromatic rings. The highest BCUT2D eigenvalue weighted by atomic mass is 19.1. The SMILES string of the molecule is CCOC(=O)C(=N)/C=C(/C)NCc1ccccc1F. The van der Waals surface area contributed by atoms with Crippen molar-refractivity contribution in [2.75, 3.05) is 6.61 Å². The molecule has 0 saturated heterocycles. The van der Waals surface area contributed by atoms with Crippen molar-refractivity contribution < 1.29 is 13.9 Å². The third kappa shape index (κ3) is 4.91. The Morgan fingerprint density at radius 2 is 2.16 bits per heavy atom. The zero-order valence-electron chi connectivity index (χ0n) is 11.0. The van der Waals surface area contributed by atoms with Gasteiger partial charge in [0.05, 0.1) is 6.61 Å². The van der Waals surface area contributed by atoms with E-state index in [0.29, 0.717) is 17.8 Å². The molecule has 0 aliphatic carbocycles. The van der Waals surface area contributed by atoms with Gasteiger partial charge in [0, 0.05) is 17.8 Å². The molecular weight excluding hydrogens is 247 g/mol. The van der Waals surface area contributed by atoms with Crippen LogP contribution in [-0.2, 0) is 16.1 Å². The Morgan fingerprint density at radius 3 is 2.79 bits per heavy atom. The molecule has 0 atom stereocenters. The van der Waals surface area contributed by atoms with Crippen LogP contribution in [0, 0.1) is 11.2 Å². The molecule has 1 rings (SSSR count). The molecule has 0 heterocycles. The molecule has 0 aliphatic heterocycles. The molecule has 1 aromatic carbocycles. The van der Waals surface area contributed by atoms with Gasteiger partial charge in [-0.05, 0) is 26.0 Å². The normalized spacial score (nSPS) is 11.0. The number of hydrogen-bond acceptors (Lipinski definition) is 4. The monoisotopic (exact) mass is 264 g/mol. The fourth-order valence-corrected chi connectivity index (χ4v) is 1.41. The summed E-state index contributed by atoms with van der Waals surface area (Å²) in [5.74, 6) is -0.960. The number of esters is 1. The van der Waals surface area contributed by atoms with Gasteiger partial charge in [0.15, 0.2) is 0 Å². The molecule has 0 amide bonds. The van der Waals surface area contributed by atoms with E-state index in [1.807, 2.05) is 0 Å². The maximum absolute atomic E-state index is 13.4. The maximum atomic E-state index is 13.4. The number of hydrogen-bond donors (Lipinski definition) is 2. The Labute approximate surface area is 111 Å². The van der Waals surface area contributed by atoms with Gasteiger partial charge in [-0.3, -0.25) is 5.41 Å². The summed E-state index contributed by atoms with van der Waals surface area (Å²) in [7, 11) is 0. The summed E-state index contributed by atoms with van der Waals surface area (Å²) in [4.78, 5) is 11.2. The van der Waals surface area contributed by atoms with Crippen LogP contribution in [0.15, 0.2) is 36.0 Å². The van der Waals surface area contributed by atoms with Crippen molar-refractivity contribution in [1.29, 1.82) is 5.41 Å². The van der Waals surface area contributed by atoms with Gasteiger partial charge < -0.3 is 10.1 Å². The topological polar surface area (TPSA) is 62.2 Å². The van der Waals surface area contributed by atoms with E-state index < -0.39 is 5.97 Å². The summed E-state index contributed by atoms with van der Waals surface area (Å²) < 4.78 is 18.0. The number of carbonyl (C=O) groups is 1. The second-order valence-electron chi connectivity index (χ2n) is 3.91. The minimum atomic E-state index is -0.672. The highest BCUT2D eigenvalue weighted by Crippen LogP contribution is 2.06. The molecule has 102 valence electrons. The van der Waals surface area contributed by atoms with Crippen LogP contribution in [0.4, 0.5) is 4.39 Å². The zero-order chi connectivity index (χ0) is 14.3. The number of halogens is 1. The van der Waals surface area contributed by atoms with Gasteiger partial charge in [-0.1, -0.05) is 18.2 Å². The quantitative estimate of drug-likeness (QED) is 0.612. The Bertz CT molecular complexity index is 498. The molecule has 0 aromatic heterocycles. The van der Waals surface area contributed by atoms with E-state index in [9.17, 15) is 9.18 Å². The standard InChI is InChI=1S/C14H17FN2O2/c1-3-19-14(18)13(16)8-10(2)17-9-11-6-4-5-7-12(11)15/h4-8,16-17H,3,9H2,1-2H3/b10-8-,16-13?. The number of ether oxygens (including phenoxy) is 1. The Morgan fingerprint density at radius 1 is 1.47 bits per heavy atom. The smallest absolute Gasteiger partial charge is 0.356 e. The first kappa shape index (κ1) is 14.9. The predicted octanol–water partition coefficient (Wildman–Crippen LogP) is 2.40. The van der Waals surface area contributed by atoms with Gasteiger partial charge in [0.25, 0.3) is 0 Å². The van der Waals surface area contributed by atoms with Crippen molar-refractivity contribution >= 4 is 11.7 Å². The summed E-state index contributed by atoms with van der Waals surface area (Å²) in [5.41, 5.74) is 0.889. The molecule has 0 unspecified atom stereocenters. The third-order valence-electron chi connectivity index (χ3n) is 2.37. The van der Waals surface area contributed by atoms with E-state index in [2.05, 4.69) is 5.32 Å². The number of nitrogens with one attached hydrogen (secondary N) is 2. The number of carbonyl (C=O) groups excluding carboxylic acids is 1. The van der Waals surface area contributed by atoms with Crippen molar-refractivity contribution in [2.24, 2.45) is 0 Å². The van der Waals surface area contributed by atoms with Crippen LogP contribution in [0.1, 0.15) is 19.4 Å². The molecule has 0 saturated carbocycles. The fraction of sp³-hybridized carbons (Fsp3) is 0.286. The van der Waals surface area contributed by atoms with E-state index in [-0.39, 0.29) is 18.1 Å². The van der Waals surface area contributed by atoms with Crippen LogP contribution in [0.25, 0.3) is 0 Å². The molecule has 5 heteroatoms. The fourth-order valence-electron chi connectivity index (χ4n) is 1.41. The van der Waals surface area contributed by atoms with Crippen LogP contribution < -0.4 is 5.32 Å². The predicted molar refractivity (Wildman–Crippen MR) is 71.4 cm³/mol. The van der Waals surface area contributed by atoms with Crippen molar-refractivity contribution in [1.82, 2.24) is 5.32 Å². The molecule has 0 radical (unpaired) electrons. The first-order valence-electron chi connectivity index (χ1n) is 5.95. The first-order chi connectivity index (χ1) is 9.04. The van der Waals surface area contributed by atoms with Gasteiger partial charge in [-0.15, -0.1) is 0 Å². The lowest BCUT2D eigenvalue weighted by atomic mass is 10.2. The lowest BCUT2D eigenvalue weighted by Gasteiger charge is -2.08. The lowest BCUT2D eigenvalue weighted by molar-refractivity contribution is -0.135. The number of allylic oxidation sites excluding steroid dienone is 1. The molecule has 4 nitrogen and oxygen atoms in total. The van der Waals surface area contributed by atoms with Crippen molar-refractivity contribution in [3.05, 3.63) is 47.4 Å². The summed E-state index contributed by atoms with van der Waals surface area (Å²) >= 11 is 0. The highest BCUT2D eigenvalue weighted by Gasteiger charge is 2.07. The molecule has 0 bridgehead atoms.